The Labute approximate surface area is 192 Å². The Morgan fingerprint density at radius 3 is 2.88 bits per heavy atom. The summed E-state index contributed by atoms with van der Waals surface area (Å²) in [6.45, 7) is 7.22. The van der Waals surface area contributed by atoms with Crippen molar-refractivity contribution >= 4 is 21.4 Å². The second kappa shape index (κ2) is 8.87. The fourth-order valence-corrected chi connectivity index (χ4v) is 5.60. The lowest BCUT2D eigenvalue weighted by Gasteiger charge is -2.13. The number of ether oxygens (including phenoxy) is 1. The molecule has 0 saturated carbocycles. The van der Waals surface area contributed by atoms with Gasteiger partial charge in [-0.2, -0.15) is 5.26 Å². The van der Waals surface area contributed by atoms with Crippen LogP contribution in [0.15, 0.2) is 54.6 Å². The predicted octanol–water partition coefficient (Wildman–Crippen LogP) is 5.19. The topological polar surface area (TPSA) is 92.1 Å². The highest BCUT2D eigenvalue weighted by Crippen LogP contribution is 2.41. The number of nitrogens with one attached hydrogen (secondary N) is 1. The highest BCUT2D eigenvalue weighted by Gasteiger charge is 2.28. The molecule has 6 nitrogen and oxygen atoms in total. The molecule has 1 unspecified atom stereocenters. The maximum atomic E-state index is 11.9. The second-order valence-corrected chi connectivity index (χ2v) is 10.5. The third kappa shape index (κ3) is 4.46. The third-order valence-corrected chi connectivity index (χ3v) is 7.41. The van der Waals surface area contributed by atoms with E-state index in [-0.39, 0.29) is 12.1 Å². The van der Waals surface area contributed by atoms with Gasteiger partial charge < -0.3 is 4.74 Å². The van der Waals surface area contributed by atoms with Crippen molar-refractivity contribution in [3.05, 3.63) is 71.3 Å². The van der Waals surface area contributed by atoms with Gasteiger partial charge in [-0.25, -0.2) is 18.1 Å². The summed E-state index contributed by atoms with van der Waals surface area (Å²) >= 11 is 1.55. The van der Waals surface area contributed by atoms with Crippen LogP contribution in [-0.4, -0.2) is 19.5 Å². The Balaban J connectivity index is 1.65. The van der Waals surface area contributed by atoms with Gasteiger partial charge in [0.2, 0.25) is 10.0 Å². The molecule has 0 bridgehead atoms. The van der Waals surface area contributed by atoms with Crippen molar-refractivity contribution in [1.29, 1.82) is 5.26 Å². The van der Waals surface area contributed by atoms with Gasteiger partial charge in [0, 0.05) is 23.2 Å². The van der Waals surface area contributed by atoms with E-state index in [0.717, 1.165) is 44.0 Å². The van der Waals surface area contributed by atoms with Gasteiger partial charge in [-0.1, -0.05) is 24.8 Å². The van der Waals surface area contributed by atoms with Crippen molar-refractivity contribution in [2.45, 2.75) is 38.8 Å². The molecule has 0 aliphatic heterocycles. The van der Waals surface area contributed by atoms with E-state index in [1.54, 1.807) is 17.4 Å². The number of benzene rings is 2. The molecule has 2 aromatic carbocycles. The maximum absolute atomic E-state index is 11.9. The molecule has 0 fully saturated rings. The van der Waals surface area contributed by atoms with Gasteiger partial charge in [0.15, 0.2) is 0 Å². The van der Waals surface area contributed by atoms with Crippen molar-refractivity contribution in [3.8, 4) is 32.8 Å². The van der Waals surface area contributed by atoms with Crippen molar-refractivity contribution < 1.29 is 13.2 Å². The van der Waals surface area contributed by atoms with Crippen molar-refractivity contribution in [2.24, 2.45) is 0 Å². The van der Waals surface area contributed by atoms with Crippen molar-refractivity contribution in [3.63, 3.8) is 0 Å². The lowest BCUT2D eigenvalue weighted by Crippen LogP contribution is -2.25. The number of thiazole rings is 1. The molecule has 8 heteroatoms. The summed E-state index contributed by atoms with van der Waals surface area (Å²) in [6.07, 6.45) is 3.30. The molecule has 1 aliphatic carbocycles. The third-order valence-electron chi connectivity index (χ3n) is 5.28. The molecule has 0 radical (unpaired) electrons. The van der Waals surface area contributed by atoms with Crippen LogP contribution in [0.4, 0.5) is 0 Å². The molecule has 164 valence electrons. The number of fused-ring (bicyclic) bond motifs is 1. The van der Waals surface area contributed by atoms with E-state index in [9.17, 15) is 13.7 Å². The largest absolute Gasteiger partial charge is 0.490 e. The van der Waals surface area contributed by atoms with Gasteiger partial charge in [-0.3, -0.25) is 0 Å². The zero-order valence-electron chi connectivity index (χ0n) is 17.8. The quantitative estimate of drug-likeness (QED) is 0.519. The van der Waals surface area contributed by atoms with Crippen LogP contribution in [0.2, 0.25) is 0 Å². The summed E-state index contributed by atoms with van der Waals surface area (Å²) in [5, 5.41) is 11.3. The Morgan fingerprint density at radius 1 is 1.34 bits per heavy atom. The summed E-state index contributed by atoms with van der Waals surface area (Å²) in [6, 6.07) is 13.4. The number of hydrogen-bond acceptors (Lipinski definition) is 6. The second-order valence-electron chi connectivity index (χ2n) is 7.81. The van der Waals surface area contributed by atoms with E-state index < -0.39 is 10.0 Å². The lowest BCUT2D eigenvalue weighted by atomic mass is 10.0. The molecule has 4 rings (SSSR count). The van der Waals surface area contributed by atoms with Crippen LogP contribution in [0.5, 0.6) is 5.75 Å². The van der Waals surface area contributed by atoms with Gasteiger partial charge >= 0.3 is 0 Å². The van der Waals surface area contributed by atoms with Gasteiger partial charge in [0.05, 0.1) is 16.5 Å². The van der Waals surface area contributed by atoms with E-state index >= 15 is 0 Å². The molecule has 0 saturated heterocycles. The molecule has 1 atom stereocenters. The van der Waals surface area contributed by atoms with E-state index in [4.69, 9.17) is 4.74 Å². The molecule has 1 aliphatic rings. The van der Waals surface area contributed by atoms with Crippen LogP contribution in [0.3, 0.4) is 0 Å². The normalized spacial score (nSPS) is 15.4. The van der Waals surface area contributed by atoms with Crippen LogP contribution in [0.1, 0.15) is 43.0 Å². The minimum absolute atomic E-state index is 0.0145. The van der Waals surface area contributed by atoms with Crippen molar-refractivity contribution in [2.75, 3.05) is 0 Å². The number of rotatable bonds is 7. The summed E-state index contributed by atoms with van der Waals surface area (Å²) in [5.41, 5.74) is 4.53. The number of hydrogen-bond donors (Lipinski definition) is 1. The lowest BCUT2D eigenvalue weighted by molar-refractivity contribution is 0.242. The maximum Gasteiger partial charge on any atom is 0.233 e. The Morgan fingerprint density at radius 2 is 2.16 bits per heavy atom. The first kappa shape index (κ1) is 22.2. The molecule has 0 spiro atoms. The first-order valence-corrected chi connectivity index (χ1v) is 12.6. The monoisotopic (exact) mass is 465 g/mol. The number of nitriles is 1. The summed E-state index contributed by atoms with van der Waals surface area (Å²) in [7, 11) is -3.51. The Hall–Kier alpha value is -2.99. The first-order chi connectivity index (χ1) is 15.3. The average Bonchev–Trinajstić information content (AvgIpc) is 3.41. The summed E-state index contributed by atoms with van der Waals surface area (Å²) in [4.78, 5) is 5.59. The fourth-order valence-electron chi connectivity index (χ4n) is 3.89. The highest BCUT2D eigenvalue weighted by molar-refractivity contribution is 7.92. The molecule has 32 heavy (non-hydrogen) atoms. The summed E-state index contributed by atoms with van der Waals surface area (Å²) < 4.78 is 32.3. The van der Waals surface area contributed by atoms with E-state index in [1.807, 2.05) is 50.4 Å². The molecule has 1 heterocycles. The van der Waals surface area contributed by atoms with Gasteiger partial charge in [-0.05, 0) is 61.6 Å². The number of nitrogens with zero attached hydrogens (tertiary/aromatic N) is 2. The summed E-state index contributed by atoms with van der Waals surface area (Å²) in [5.74, 6) is 0.567. The van der Waals surface area contributed by atoms with Crippen LogP contribution in [-0.2, 0) is 16.4 Å². The molecule has 3 aromatic rings. The minimum Gasteiger partial charge on any atom is -0.490 e. The van der Waals surface area contributed by atoms with E-state index in [0.29, 0.717) is 17.7 Å². The van der Waals surface area contributed by atoms with Gasteiger partial charge in [0.25, 0.3) is 0 Å². The number of sulfonamides is 1. The Kier molecular flexibility index (Phi) is 6.15. The molecular weight excluding hydrogens is 442 g/mol. The van der Waals surface area contributed by atoms with E-state index in [2.05, 4.69) is 22.4 Å². The fraction of sp³-hybridized carbons (Fsp3) is 0.250. The van der Waals surface area contributed by atoms with Crippen LogP contribution < -0.4 is 9.46 Å². The molecular formula is C24H23N3O3S2. The average molecular weight is 466 g/mol. The minimum atomic E-state index is -3.51. The van der Waals surface area contributed by atoms with Crippen molar-refractivity contribution in [1.82, 2.24) is 9.71 Å². The van der Waals surface area contributed by atoms with E-state index in [1.165, 1.54) is 0 Å². The Bertz CT molecular complexity index is 1320. The predicted molar refractivity (Wildman–Crippen MR) is 127 cm³/mol. The van der Waals surface area contributed by atoms with Crippen LogP contribution in [0, 0.1) is 11.3 Å². The molecule has 1 aromatic heterocycles. The first-order valence-electron chi connectivity index (χ1n) is 10.2. The van der Waals surface area contributed by atoms with Gasteiger partial charge in [-0.15, -0.1) is 11.3 Å². The van der Waals surface area contributed by atoms with Gasteiger partial charge in [0.1, 0.15) is 16.8 Å². The molecule has 1 N–H and O–H groups in total. The standard InChI is InChI=1S/C24H23N3O3S2/c1-4-32(28,29)27-21-10-9-18-19(21)6-5-7-20(18)23-14-26-24(31-23)16-8-11-22(30-15(2)3)17(12-16)13-25/h4-8,11-12,14-15,21,27H,1,9-10H2,2-3H3. The smallest absolute Gasteiger partial charge is 0.233 e. The SMILES string of the molecule is C=CS(=O)(=O)NC1CCc2c(-c3cnc(-c4ccc(OC(C)C)c(C#N)c4)s3)cccc21. The zero-order chi connectivity index (χ0) is 22.9. The molecule has 0 amide bonds. The van der Waals surface area contributed by atoms with Crippen LogP contribution in [0.25, 0.3) is 21.0 Å². The van der Waals surface area contributed by atoms with Crippen LogP contribution >= 0.6 is 11.3 Å². The highest BCUT2D eigenvalue weighted by atomic mass is 32.2. The number of aromatic nitrogens is 1. The zero-order valence-corrected chi connectivity index (χ0v) is 19.5.